The molecule has 0 heterocycles. The van der Waals surface area contributed by atoms with Crippen molar-refractivity contribution in [2.24, 2.45) is 0 Å². The van der Waals surface area contributed by atoms with E-state index in [1.54, 1.807) is 0 Å². The van der Waals surface area contributed by atoms with Gasteiger partial charge in [-0.05, 0) is 42.7 Å². The van der Waals surface area contributed by atoms with Crippen LogP contribution < -0.4 is 14.8 Å². The Morgan fingerprint density at radius 1 is 0.703 bits per heavy atom. The number of carbonyl (C=O) groups is 1. The molecule has 0 aliphatic rings. The maximum absolute atomic E-state index is 12.9. The maximum atomic E-state index is 12.9. The molecule has 0 aromatic heterocycles. The number of ether oxygens (including phenoxy) is 2. The minimum absolute atomic E-state index is 0.103. The molecule has 1 atom stereocenters. The smallest absolute Gasteiger partial charge is 0.283 e. The van der Waals surface area contributed by atoms with E-state index in [0.717, 1.165) is 61.5 Å². The Morgan fingerprint density at radius 2 is 1.24 bits per heavy atom. The van der Waals surface area contributed by atoms with Crippen LogP contribution in [0.2, 0.25) is 0 Å². The minimum atomic E-state index is -0.195. The van der Waals surface area contributed by atoms with E-state index in [2.05, 4.69) is 38.6 Å². The van der Waals surface area contributed by atoms with Crippen LogP contribution >= 0.6 is 0 Å². The van der Waals surface area contributed by atoms with Crippen LogP contribution in [0, 0.1) is 0 Å². The van der Waals surface area contributed by atoms with E-state index in [1.807, 2.05) is 72.8 Å². The molecular formula is C32H43N2O3+. The summed E-state index contributed by atoms with van der Waals surface area (Å²) in [5.74, 6) is 1.83. The summed E-state index contributed by atoms with van der Waals surface area (Å²) in [5.41, 5.74) is 2.21. The third-order valence-corrected chi connectivity index (χ3v) is 6.35. The number of quaternary nitrogens is 1. The van der Waals surface area contributed by atoms with E-state index in [-0.39, 0.29) is 11.9 Å². The van der Waals surface area contributed by atoms with Gasteiger partial charge < -0.3 is 19.3 Å². The normalized spacial score (nSPS) is 12.1. The van der Waals surface area contributed by atoms with E-state index >= 15 is 0 Å². The zero-order valence-corrected chi connectivity index (χ0v) is 22.7. The SMILES string of the molecule is C[N+](C)(C)[C@H](C(=O)NCCCCCCCCOc1ccc(OCc2ccccc2)cc1)c1ccccc1. The summed E-state index contributed by atoms with van der Waals surface area (Å²) in [6.45, 7) is 2.03. The molecule has 5 nitrogen and oxygen atoms in total. The molecule has 0 saturated heterocycles. The first-order valence-corrected chi connectivity index (χ1v) is 13.5. The first kappa shape index (κ1) is 28.3. The van der Waals surface area contributed by atoms with Crippen molar-refractivity contribution in [1.29, 1.82) is 0 Å². The quantitative estimate of drug-likeness (QED) is 0.178. The number of rotatable bonds is 16. The lowest BCUT2D eigenvalue weighted by Gasteiger charge is -2.33. The van der Waals surface area contributed by atoms with Crippen molar-refractivity contribution >= 4 is 5.91 Å². The van der Waals surface area contributed by atoms with Crippen molar-refractivity contribution in [1.82, 2.24) is 5.32 Å². The molecule has 0 spiro atoms. The van der Waals surface area contributed by atoms with Crippen LogP contribution in [0.5, 0.6) is 11.5 Å². The van der Waals surface area contributed by atoms with Gasteiger partial charge in [0.1, 0.15) is 18.1 Å². The average molecular weight is 504 g/mol. The number of nitrogens with zero attached hydrogens (tertiary/aromatic N) is 1. The van der Waals surface area contributed by atoms with Crippen LogP contribution in [0.4, 0.5) is 0 Å². The molecule has 3 rings (SSSR count). The average Bonchev–Trinajstić information content (AvgIpc) is 2.90. The summed E-state index contributed by atoms with van der Waals surface area (Å²) in [6, 6.07) is 27.9. The van der Waals surface area contributed by atoms with Gasteiger partial charge >= 0.3 is 0 Å². The fourth-order valence-corrected chi connectivity index (χ4v) is 4.39. The zero-order chi connectivity index (χ0) is 26.3. The molecule has 0 fully saturated rings. The van der Waals surface area contributed by atoms with Crippen LogP contribution in [0.15, 0.2) is 84.9 Å². The van der Waals surface area contributed by atoms with Gasteiger partial charge in [-0.15, -0.1) is 0 Å². The molecule has 0 bridgehead atoms. The summed E-state index contributed by atoms with van der Waals surface area (Å²) < 4.78 is 12.3. The van der Waals surface area contributed by atoms with Crippen molar-refractivity contribution in [3.8, 4) is 11.5 Å². The Bertz CT molecular complexity index is 1030. The summed E-state index contributed by atoms with van der Waals surface area (Å²) >= 11 is 0. The van der Waals surface area contributed by atoms with E-state index in [9.17, 15) is 4.79 Å². The van der Waals surface area contributed by atoms with Gasteiger partial charge in [-0.3, -0.25) is 4.79 Å². The first-order valence-electron chi connectivity index (χ1n) is 13.5. The molecule has 3 aromatic carbocycles. The highest BCUT2D eigenvalue weighted by Crippen LogP contribution is 2.23. The molecule has 198 valence electrons. The number of nitrogens with one attached hydrogen (secondary N) is 1. The molecule has 0 saturated carbocycles. The molecule has 3 aromatic rings. The van der Waals surface area contributed by atoms with E-state index in [0.29, 0.717) is 11.1 Å². The van der Waals surface area contributed by atoms with Crippen molar-refractivity contribution in [2.75, 3.05) is 34.3 Å². The van der Waals surface area contributed by atoms with E-state index in [1.165, 1.54) is 12.8 Å². The minimum Gasteiger partial charge on any atom is -0.494 e. The second kappa shape index (κ2) is 15.1. The molecule has 1 N–H and O–H groups in total. The molecule has 0 aliphatic heterocycles. The Hall–Kier alpha value is -3.31. The van der Waals surface area contributed by atoms with Gasteiger partial charge in [0.05, 0.1) is 27.7 Å². The Kier molecular flexibility index (Phi) is 11.5. The predicted molar refractivity (Wildman–Crippen MR) is 151 cm³/mol. The number of likely N-dealkylation sites (N-methyl/N-ethyl adjacent to an activating group) is 1. The third-order valence-electron chi connectivity index (χ3n) is 6.35. The Balaban J connectivity index is 1.21. The first-order chi connectivity index (χ1) is 17.9. The summed E-state index contributed by atoms with van der Waals surface area (Å²) in [5, 5.41) is 3.15. The fraction of sp³-hybridized carbons (Fsp3) is 0.406. The highest BCUT2D eigenvalue weighted by molar-refractivity contribution is 5.82. The molecule has 0 unspecified atom stereocenters. The molecule has 37 heavy (non-hydrogen) atoms. The van der Waals surface area contributed by atoms with Crippen LogP contribution in [0.1, 0.15) is 55.7 Å². The van der Waals surface area contributed by atoms with Gasteiger partial charge in [0.25, 0.3) is 5.91 Å². The lowest BCUT2D eigenvalue weighted by atomic mass is 10.0. The van der Waals surface area contributed by atoms with Crippen molar-refractivity contribution in [3.63, 3.8) is 0 Å². The third kappa shape index (κ3) is 10.3. The number of benzene rings is 3. The van der Waals surface area contributed by atoms with Gasteiger partial charge in [0, 0.05) is 12.1 Å². The van der Waals surface area contributed by atoms with Crippen molar-refractivity contribution < 1.29 is 18.8 Å². The van der Waals surface area contributed by atoms with E-state index < -0.39 is 0 Å². The number of carbonyl (C=O) groups excluding carboxylic acids is 1. The van der Waals surface area contributed by atoms with Crippen molar-refractivity contribution in [3.05, 3.63) is 96.1 Å². The Morgan fingerprint density at radius 3 is 1.86 bits per heavy atom. The fourth-order valence-electron chi connectivity index (χ4n) is 4.39. The molecule has 1 amide bonds. The van der Waals surface area contributed by atoms with Gasteiger partial charge in [-0.1, -0.05) is 86.3 Å². The standard InChI is InChI=1S/C32H42N2O3/c1-34(2,3)31(28-18-12-9-13-19-28)32(35)33-24-14-6-4-5-7-15-25-36-29-20-22-30(23-21-29)37-26-27-16-10-8-11-17-27/h8-13,16-23,31H,4-7,14-15,24-26H2,1-3H3/p+1/t31-/m0/s1. The maximum Gasteiger partial charge on any atom is 0.283 e. The molecule has 0 aliphatic carbocycles. The van der Waals surface area contributed by atoms with Gasteiger partial charge in [-0.25, -0.2) is 0 Å². The largest absolute Gasteiger partial charge is 0.494 e. The summed E-state index contributed by atoms with van der Waals surface area (Å²) in [7, 11) is 6.20. The van der Waals surface area contributed by atoms with Crippen LogP contribution in [0.3, 0.4) is 0 Å². The second-order valence-corrected chi connectivity index (χ2v) is 10.4. The van der Waals surface area contributed by atoms with Crippen LogP contribution in [-0.2, 0) is 11.4 Å². The lowest BCUT2D eigenvalue weighted by molar-refractivity contribution is -0.892. The summed E-state index contributed by atoms with van der Waals surface area (Å²) in [6.07, 6.45) is 6.72. The molecular weight excluding hydrogens is 460 g/mol. The monoisotopic (exact) mass is 503 g/mol. The molecule has 5 heteroatoms. The predicted octanol–water partition coefficient (Wildman–Crippen LogP) is 6.55. The van der Waals surface area contributed by atoms with Crippen molar-refractivity contribution in [2.45, 2.75) is 51.2 Å². The van der Waals surface area contributed by atoms with Gasteiger partial charge in [0.2, 0.25) is 0 Å². The Labute approximate surface area is 223 Å². The zero-order valence-electron chi connectivity index (χ0n) is 22.7. The number of amides is 1. The highest BCUT2D eigenvalue weighted by atomic mass is 16.5. The number of hydrogen-bond donors (Lipinski definition) is 1. The molecule has 0 radical (unpaired) electrons. The highest BCUT2D eigenvalue weighted by Gasteiger charge is 2.32. The van der Waals surface area contributed by atoms with Crippen LogP contribution in [-0.4, -0.2) is 44.7 Å². The number of hydrogen-bond acceptors (Lipinski definition) is 3. The van der Waals surface area contributed by atoms with Gasteiger partial charge in [-0.2, -0.15) is 0 Å². The second-order valence-electron chi connectivity index (χ2n) is 10.4. The summed E-state index contributed by atoms with van der Waals surface area (Å²) in [4.78, 5) is 12.9. The topological polar surface area (TPSA) is 47.6 Å². The number of unbranched alkanes of at least 4 members (excludes halogenated alkanes) is 5. The van der Waals surface area contributed by atoms with Gasteiger partial charge in [0.15, 0.2) is 6.04 Å². The lowest BCUT2D eigenvalue weighted by Crippen LogP contribution is -2.47. The van der Waals surface area contributed by atoms with E-state index in [4.69, 9.17) is 9.47 Å². The van der Waals surface area contributed by atoms with Crippen LogP contribution in [0.25, 0.3) is 0 Å².